The van der Waals surface area contributed by atoms with E-state index in [4.69, 9.17) is 4.53 Å². The summed E-state index contributed by atoms with van der Waals surface area (Å²) in [5.41, 5.74) is 4.35. The van der Waals surface area contributed by atoms with Gasteiger partial charge in [-0.15, -0.1) is 6.58 Å². The molecule has 0 aliphatic carbocycles. The molecule has 0 radical (unpaired) electrons. The van der Waals surface area contributed by atoms with Crippen LogP contribution in [0.1, 0.15) is 32.4 Å². The van der Waals surface area contributed by atoms with E-state index < -0.39 is 8.32 Å². The Balaban J connectivity index is 2.70. The SMILES string of the molecule is C=C[C@H](NO[Si](C)(C)C(C)(C)C)c1ccccc1. The monoisotopic (exact) mass is 263 g/mol. The van der Waals surface area contributed by atoms with E-state index in [9.17, 15) is 0 Å². The van der Waals surface area contributed by atoms with Gasteiger partial charge in [0.1, 0.15) is 0 Å². The number of benzene rings is 1. The van der Waals surface area contributed by atoms with E-state index in [0.717, 1.165) is 0 Å². The smallest absolute Gasteiger partial charge is 0.220 e. The lowest BCUT2D eigenvalue weighted by Gasteiger charge is -2.36. The highest BCUT2D eigenvalue weighted by Gasteiger charge is 2.38. The van der Waals surface area contributed by atoms with Crippen molar-refractivity contribution in [3.8, 4) is 0 Å². The Hall–Kier alpha value is -0.903. The first-order chi connectivity index (χ1) is 8.28. The summed E-state index contributed by atoms with van der Waals surface area (Å²) >= 11 is 0. The van der Waals surface area contributed by atoms with Gasteiger partial charge in [0.2, 0.25) is 8.32 Å². The molecule has 2 nitrogen and oxygen atoms in total. The third-order valence-corrected chi connectivity index (χ3v) is 7.88. The van der Waals surface area contributed by atoms with E-state index >= 15 is 0 Å². The molecular formula is C15H25NOSi. The second kappa shape index (κ2) is 5.82. The van der Waals surface area contributed by atoms with E-state index in [1.54, 1.807) is 0 Å². The molecular weight excluding hydrogens is 238 g/mol. The van der Waals surface area contributed by atoms with Gasteiger partial charge >= 0.3 is 0 Å². The highest BCUT2D eigenvalue weighted by molar-refractivity contribution is 6.74. The quantitative estimate of drug-likeness (QED) is 0.482. The van der Waals surface area contributed by atoms with Crippen molar-refractivity contribution in [2.45, 2.75) is 44.9 Å². The van der Waals surface area contributed by atoms with Crippen molar-refractivity contribution in [3.63, 3.8) is 0 Å². The standard InChI is InChI=1S/C15H25NOSi/c1-7-14(13-11-9-8-10-12-13)16-17-18(5,6)15(2,3)4/h7-12,14,16H,1H2,2-6H3/t14-/m0/s1. The lowest BCUT2D eigenvalue weighted by Crippen LogP contribution is -2.45. The maximum absolute atomic E-state index is 6.02. The van der Waals surface area contributed by atoms with Crippen LogP contribution in [0.3, 0.4) is 0 Å². The minimum Gasteiger partial charge on any atom is -0.344 e. The van der Waals surface area contributed by atoms with Crippen molar-refractivity contribution in [2.75, 3.05) is 0 Å². The second-order valence-electron chi connectivity index (χ2n) is 6.10. The fraction of sp³-hybridized carbons (Fsp3) is 0.467. The normalized spacial score (nSPS) is 14.3. The number of nitrogens with one attached hydrogen (secondary N) is 1. The van der Waals surface area contributed by atoms with Gasteiger partial charge in [0, 0.05) is 0 Å². The van der Waals surface area contributed by atoms with Crippen molar-refractivity contribution in [3.05, 3.63) is 48.6 Å². The molecule has 100 valence electrons. The second-order valence-corrected chi connectivity index (χ2v) is 10.8. The Morgan fingerprint density at radius 1 is 1.22 bits per heavy atom. The minimum absolute atomic E-state index is 0.0420. The van der Waals surface area contributed by atoms with E-state index in [1.165, 1.54) is 5.56 Å². The van der Waals surface area contributed by atoms with Crippen LogP contribution in [0.2, 0.25) is 18.1 Å². The van der Waals surface area contributed by atoms with Crippen LogP contribution in [0.25, 0.3) is 0 Å². The van der Waals surface area contributed by atoms with Crippen LogP contribution in [0, 0.1) is 0 Å². The minimum atomic E-state index is -1.78. The molecule has 0 aromatic heterocycles. The summed E-state index contributed by atoms with van der Waals surface area (Å²) in [4.78, 5) is 0. The van der Waals surface area contributed by atoms with E-state index in [-0.39, 0.29) is 11.1 Å². The van der Waals surface area contributed by atoms with E-state index in [1.807, 2.05) is 24.3 Å². The van der Waals surface area contributed by atoms with Crippen molar-refractivity contribution in [1.82, 2.24) is 5.48 Å². The first-order valence-corrected chi connectivity index (χ1v) is 9.30. The topological polar surface area (TPSA) is 21.3 Å². The Kier molecular flexibility index (Phi) is 4.90. The van der Waals surface area contributed by atoms with Crippen molar-refractivity contribution < 1.29 is 4.53 Å². The molecule has 0 spiro atoms. The molecule has 0 amide bonds. The van der Waals surface area contributed by atoms with Gasteiger partial charge in [-0.05, 0) is 23.7 Å². The average molecular weight is 263 g/mol. The van der Waals surface area contributed by atoms with Gasteiger partial charge in [0.05, 0.1) is 6.04 Å². The molecule has 0 unspecified atom stereocenters. The van der Waals surface area contributed by atoms with Crippen LogP contribution in [0.4, 0.5) is 0 Å². The van der Waals surface area contributed by atoms with Crippen LogP contribution < -0.4 is 5.48 Å². The molecule has 18 heavy (non-hydrogen) atoms. The molecule has 0 aliphatic rings. The largest absolute Gasteiger partial charge is 0.344 e. The molecule has 0 saturated carbocycles. The predicted molar refractivity (Wildman–Crippen MR) is 80.8 cm³/mol. The van der Waals surface area contributed by atoms with Gasteiger partial charge in [-0.3, -0.25) is 0 Å². The lowest BCUT2D eigenvalue weighted by molar-refractivity contribution is 0.152. The fourth-order valence-electron chi connectivity index (χ4n) is 1.28. The molecule has 0 aliphatic heterocycles. The molecule has 0 heterocycles. The Bertz CT molecular complexity index is 381. The highest BCUT2D eigenvalue weighted by atomic mass is 28.4. The number of hydroxylamine groups is 1. The maximum atomic E-state index is 6.02. The Labute approximate surface area is 112 Å². The summed E-state index contributed by atoms with van der Waals surface area (Å²) < 4.78 is 6.02. The van der Waals surface area contributed by atoms with Crippen LogP contribution in [-0.2, 0) is 4.53 Å². The molecule has 1 N–H and O–H groups in total. The zero-order chi connectivity index (χ0) is 13.8. The van der Waals surface area contributed by atoms with Gasteiger partial charge in [-0.1, -0.05) is 57.2 Å². The van der Waals surface area contributed by atoms with Crippen molar-refractivity contribution >= 4 is 8.32 Å². The van der Waals surface area contributed by atoms with E-state index in [0.29, 0.717) is 0 Å². The van der Waals surface area contributed by atoms with Crippen LogP contribution in [0.5, 0.6) is 0 Å². The number of hydrogen-bond donors (Lipinski definition) is 1. The first-order valence-electron chi connectivity index (χ1n) is 6.39. The average Bonchev–Trinajstić information content (AvgIpc) is 2.29. The molecule has 0 saturated heterocycles. The van der Waals surface area contributed by atoms with Gasteiger partial charge in [-0.2, -0.15) is 0 Å². The maximum Gasteiger partial charge on any atom is 0.220 e. The molecule has 1 aromatic carbocycles. The number of rotatable bonds is 5. The number of hydrogen-bond acceptors (Lipinski definition) is 2. The molecule has 1 atom stereocenters. The summed E-state index contributed by atoms with van der Waals surface area (Å²) in [6.45, 7) is 15.0. The summed E-state index contributed by atoms with van der Waals surface area (Å²) in [6.07, 6.45) is 1.88. The molecule has 1 aromatic rings. The third kappa shape index (κ3) is 3.80. The third-order valence-electron chi connectivity index (χ3n) is 3.64. The van der Waals surface area contributed by atoms with Gasteiger partial charge in [0.25, 0.3) is 0 Å². The molecule has 0 fully saturated rings. The lowest BCUT2D eigenvalue weighted by atomic mass is 10.1. The summed E-state index contributed by atoms with van der Waals surface area (Å²) in [7, 11) is -1.78. The fourth-order valence-corrected chi connectivity index (χ4v) is 2.00. The zero-order valence-electron chi connectivity index (χ0n) is 12.2. The summed E-state index contributed by atoms with van der Waals surface area (Å²) in [5, 5.41) is 0.197. The van der Waals surface area contributed by atoms with Gasteiger partial charge < -0.3 is 4.53 Å². The molecule has 1 rings (SSSR count). The summed E-state index contributed by atoms with van der Waals surface area (Å²) in [6, 6.07) is 10.3. The van der Waals surface area contributed by atoms with Gasteiger partial charge in [0.15, 0.2) is 0 Å². The van der Waals surface area contributed by atoms with Crippen molar-refractivity contribution in [2.24, 2.45) is 0 Å². The zero-order valence-corrected chi connectivity index (χ0v) is 13.2. The highest BCUT2D eigenvalue weighted by Crippen LogP contribution is 2.36. The van der Waals surface area contributed by atoms with Crippen LogP contribution in [-0.4, -0.2) is 8.32 Å². The Morgan fingerprint density at radius 3 is 2.22 bits per heavy atom. The van der Waals surface area contributed by atoms with E-state index in [2.05, 4.69) is 58.1 Å². The van der Waals surface area contributed by atoms with Crippen molar-refractivity contribution in [1.29, 1.82) is 0 Å². The van der Waals surface area contributed by atoms with Crippen LogP contribution >= 0.6 is 0 Å². The molecule has 0 bridgehead atoms. The predicted octanol–water partition coefficient (Wildman–Crippen LogP) is 4.44. The first kappa shape index (κ1) is 15.2. The molecule has 3 heteroatoms. The van der Waals surface area contributed by atoms with Gasteiger partial charge in [-0.25, -0.2) is 5.48 Å². The Morgan fingerprint density at radius 2 is 1.78 bits per heavy atom. The summed E-state index contributed by atoms with van der Waals surface area (Å²) in [5.74, 6) is 0. The van der Waals surface area contributed by atoms with Crippen LogP contribution in [0.15, 0.2) is 43.0 Å².